The van der Waals surface area contributed by atoms with Gasteiger partial charge in [-0.3, -0.25) is 4.98 Å². The van der Waals surface area contributed by atoms with E-state index >= 15 is 0 Å². The molecular formula is C11H12N2. The molecule has 0 radical (unpaired) electrons. The maximum atomic E-state index is 5.78. The fraction of sp³-hybridized carbons (Fsp3) is 0.182. The van der Waals surface area contributed by atoms with Crippen LogP contribution in [0.2, 0.25) is 0 Å². The third kappa shape index (κ3) is 1.53. The van der Waals surface area contributed by atoms with Crippen molar-refractivity contribution >= 4 is 10.8 Å². The topological polar surface area (TPSA) is 38.9 Å². The molecule has 1 aromatic carbocycles. The lowest BCUT2D eigenvalue weighted by molar-refractivity contribution is 0.820. The molecule has 2 N–H and O–H groups in total. The second kappa shape index (κ2) is 3.15. The number of hydrogen-bond acceptors (Lipinski definition) is 2. The summed E-state index contributed by atoms with van der Waals surface area (Å²) in [6.45, 7) is 1.98. The molecule has 0 spiro atoms. The van der Waals surface area contributed by atoms with Crippen molar-refractivity contribution in [1.29, 1.82) is 0 Å². The Kier molecular flexibility index (Phi) is 1.99. The highest BCUT2D eigenvalue weighted by Crippen LogP contribution is 2.17. The van der Waals surface area contributed by atoms with Gasteiger partial charge in [0.1, 0.15) is 0 Å². The van der Waals surface area contributed by atoms with Crippen LogP contribution >= 0.6 is 0 Å². The Balaban J connectivity index is 2.62. The summed E-state index contributed by atoms with van der Waals surface area (Å²) >= 11 is 0. The number of benzene rings is 1. The van der Waals surface area contributed by atoms with E-state index < -0.39 is 0 Å². The third-order valence-corrected chi connectivity index (χ3v) is 2.19. The standard InChI is InChI=1S/C11H12N2/c1-8(12)10-3-2-9-4-5-13-7-11(9)6-10/h2-8H,12H2,1H3/t8-/m0/s1. The molecule has 0 bridgehead atoms. The number of nitrogens with zero attached hydrogens (tertiary/aromatic N) is 1. The quantitative estimate of drug-likeness (QED) is 0.716. The van der Waals surface area contributed by atoms with E-state index in [9.17, 15) is 0 Å². The molecule has 0 unspecified atom stereocenters. The lowest BCUT2D eigenvalue weighted by Crippen LogP contribution is -2.04. The minimum Gasteiger partial charge on any atom is -0.324 e. The first kappa shape index (κ1) is 8.20. The minimum absolute atomic E-state index is 0.0876. The van der Waals surface area contributed by atoms with Crippen LogP contribution in [0.5, 0.6) is 0 Å². The fourth-order valence-corrected chi connectivity index (χ4v) is 1.39. The SMILES string of the molecule is C[C@H](N)c1ccc2ccncc2c1. The van der Waals surface area contributed by atoms with Gasteiger partial charge in [0, 0.05) is 23.8 Å². The van der Waals surface area contributed by atoms with E-state index in [1.807, 2.05) is 19.2 Å². The van der Waals surface area contributed by atoms with Crippen LogP contribution in [0.4, 0.5) is 0 Å². The number of nitrogens with two attached hydrogens (primary N) is 1. The minimum atomic E-state index is 0.0876. The molecule has 1 heterocycles. The van der Waals surface area contributed by atoms with Crippen LogP contribution in [0, 0.1) is 0 Å². The number of rotatable bonds is 1. The summed E-state index contributed by atoms with van der Waals surface area (Å²) in [5, 5.41) is 2.36. The van der Waals surface area contributed by atoms with E-state index in [1.165, 1.54) is 5.39 Å². The zero-order valence-electron chi connectivity index (χ0n) is 7.57. The lowest BCUT2D eigenvalue weighted by atomic mass is 10.1. The van der Waals surface area contributed by atoms with Crippen molar-refractivity contribution in [3.8, 4) is 0 Å². The van der Waals surface area contributed by atoms with Crippen LogP contribution < -0.4 is 5.73 Å². The molecule has 2 heteroatoms. The highest BCUT2D eigenvalue weighted by atomic mass is 14.6. The van der Waals surface area contributed by atoms with Gasteiger partial charge in [0.2, 0.25) is 0 Å². The van der Waals surface area contributed by atoms with Gasteiger partial charge in [0.25, 0.3) is 0 Å². The number of fused-ring (bicyclic) bond motifs is 1. The molecule has 2 aromatic rings. The van der Waals surface area contributed by atoms with Gasteiger partial charge in [0.15, 0.2) is 0 Å². The molecule has 0 aliphatic heterocycles. The maximum absolute atomic E-state index is 5.78. The third-order valence-electron chi connectivity index (χ3n) is 2.19. The van der Waals surface area contributed by atoms with Gasteiger partial charge < -0.3 is 5.73 Å². The highest BCUT2D eigenvalue weighted by Gasteiger charge is 1.99. The first-order valence-corrected chi connectivity index (χ1v) is 4.36. The molecule has 13 heavy (non-hydrogen) atoms. The zero-order valence-corrected chi connectivity index (χ0v) is 7.57. The average Bonchev–Trinajstić information content (AvgIpc) is 2.17. The van der Waals surface area contributed by atoms with E-state index in [0.29, 0.717) is 0 Å². The van der Waals surface area contributed by atoms with Crippen molar-refractivity contribution in [2.24, 2.45) is 5.73 Å². The fourth-order valence-electron chi connectivity index (χ4n) is 1.39. The van der Waals surface area contributed by atoms with E-state index in [-0.39, 0.29) is 6.04 Å². The van der Waals surface area contributed by atoms with Crippen molar-refractivity contribution < 1.29 is 0 Å². The van der Waals surface area contributed by atoms with Crippen LogP contribution in [0.1, 0.15) is 18.5 Å². The molecule has 1 aromatic heterocycles. The molecular weight excluding hydrogens is 160 g/mol. The van der Waals surface area contributed by atoms with E-state index in [4.69, 9.17) is 5.73 Å². The van der Waals surface area contributed by atoms with Crippen LogP contribution in [0.15, 0.2) is 36.7 Å². The normalized spacial score (nSPS) is 13.1. The maximum Gasteiger partial charge on any atom is 0.0346 e. The summed E-state index contributed by atoms with van der Waals surface area (Å²) in [6, 6.07) is 8.32. The van der Waals surface area contributed by atoms with E-state index in [1.54, 1.807) is 6.20 Å². The largest absolute Gasteiger partial charge is 0.324 e. The highest BCUT2D eigenvalue weighted by molar-refractivity contribution is 5.82. The van der Waals surface area contributed by atoms with Crippen LogP contribution in [-0.2, 0) is 0 Å². The van der Waals surface area contributed by atoms with Crippen molar-refractivity contribution in [3.63, 3.8) is 0 Å². The number of aromatic nitrogens is 1. The molecule has 0 amide bonds. The number of hydrogen-bond donors (Lipinski definition) is 1. The van der Waals surface area contributed by atoms with Gasteiger partial charge in [0.05, 0.1) is 0 Å². The lowest BCUT2D eigenvalue weighted by Gasteiger charge is -2.06. The smallest absolute Gasteiger partial charge is 0.0346 e. The van der Waals surface area contributed by atoms with Crippen molar-refractivity contribution in [2.75, 3.05) is 0 Å². The van der Waals surface area contributed by atoms with Gasteiger partial charge in [-0.05, 0) is 30.0 Å². The average molecular weight is 172 g/mol. The van der Waals surface area contributed by atoms with E-state index in [2.05, 4.69) is 23.2 Å². The summed E-state index contributed by atoms with van der Waals surface area (Å²) in [5.74, 6) is 0. The molecule has 1 atom stereocenters. The van der Waals surface area contributed by atoms with Crippen molar-refractivity contribution in [2.45, 2.75) is 13.0 Å². The molecule has 0 fully saturated rings. The summed E-state index contributed by atoms with van der Waals surface area (Å²) in [7, 11) is 0. The summed E-state index contributed by atoms with van der Waals surface area (Å²) in [5.41, 5.74) is 6.94. The van der Waals surface area contributed by atoms with E-state index in [0.717, 1.165) is 10.9 Å². The van der Waals surface area contributed by atoms with Crippen molar-refractivity contribution in [1.82, 2.24) is 4.98 Å². The Morgan fingerprint density at radius 2 is 2.08 bits per heavy atom. The Labute approximate surface area is 77.4 Å². The summed E-state index contributed by atoms with van der Waals surface area (Å²) in [6.07, 6.45) is 3.66. The van der Waals surface area contributed by atoms with Crippen LogP contribution in [0.3, 0.4) is 0 Å². The predicted octanol–water partition coefficient (Wildman–Crippen LogP) is 2.25. The molecule has 0 aliphatic carbocycles. The zero-order chi connectivity index (χ0) is 9.26. The predicted molar refractivity (Wildman–Crippen MR) is 54.3 cm³/mol. The summed E-state index contributed by atoms with van der Waals surface area (Å²) < 4.78 is 0. The van der Waals surface area contributed by atoms with Gasteiger partial charge in [-0.15, -0.1) is 0 Å². The van der Waals surface area contributed by atoms with Gasteiger partial charge in [-0.1, -0.05) is 12.1 Å². The van der Waals surface area contributed by atoms with Crippen LogP contribution in [-0.4, -0.2) is 4.98 Å². The molecule has 0 saturated carbocycles. The van der Waals surface area contributed by atoms with Gasteiger partial charge in [-0.2, -0.15) is 0 Å². The molecule has 2 nitrogen and oxygen atoms in total. The Morgan fingerprint density at radius 3 is 2.85 bits per heavy atom. The molecule has 0 saturated heterocycles. The second-order valence-electron chi connectivity index (χ2n) is 3.27. The first-order valence-electron chi connectivity index (χ1n) is 4.36. The Morgan fingerprint density at radius 1 is 1.23 bits per heavy atom. The first-order chi connectivity index (χ1) is 6.27. The van der Waals surface area contributed by atoms with Crippen molar-refractivity contribution in [3.05, 3.63) is 42.2 Å². The number of pyridine rings is 1. The summed E-state index contributed by atoms with van der Waals surface area (Å²) in [4.78, 5) is 4.07. The van der Waals surface area contributed by atoms with Gasteiger partial charge in [-0.25, -0.2) is 0 Å². The monoisotopic (exact) mass is 172 g/mol. The Hall–Kier alpha value is -1.41. The molecule has 66 valence electrons. The van der Waals surface area contributed by atoms with Crippen LogP contribution in [0.25, 0.3) is 10.8 Å². The molecule has 2 rings (SSSR count). The molecule has 0 aliphatic rings. The second-order valence-corrected chi connectivity index (χ2v) is 3.27. The van der Waals surface area contributed by atoms with Gasteiger partial charge >= 0.3 is 0 Å². The Bertz CT molecular complexity index is 421.